The van der Waals surface area contributed by atoms with Gasteiger partial charge in [-0.2, -0.15) is 4.72 Å². The predicted molar refractivity (Wildman–Crippen MR) is 106 cm³/mol. The Kier molecular flexibility index (Phi) is 5.58. The van der Waals surface area contributed by atoms with Gasteiger partial charge in [0.1, 0.15) is 17.2 Å². The minimum Gasteiger partial charge on any atom is -0.465 e. The van der Waals surface area contributed by atoms with Crippen molar-refractivity contribution in [2.75, 3.05) is 6.61 Å². The summed E-state index contributed by atoms with van der Waals surface area (Å²) in [6, 6.07) is 7.45. The van der Waals surface area contributed by atoms with Crippen LogP contribution in [0.5, 0.6) is 0 Å². The van der Waals surface area contributed by atoms with Crippen LogP contribution < -0.4 is 4.72 Å². The normalized spacial score (nSPS) is 13.1. The molecule has 1 aromatic heterocycles. The van der Waals surface area contributed by atoms with E-state index in [9.17, 15) is 23.3 Å². The molecule has 0 bridgehead atoms. The molecule has 0 aliphatic heterocycles. The number of nitrogens with zero attached hydrogens (tertiary/aromatic N) is 1. The van der Waals surface area contributed by atoms with E-state index in [4.69, 9.17) is 9.15 Å². The highest BCUT2D eigenvalue weighted by atomic mass is 32.2. The quantitative estimate of drug-likeness (QED) is 0.352. The van der Waals surface area contributed by atoms with Crippen molar-refractivity contribution in [2.24, 2.45) is 5.92 Å². The molecule has 1 N–H and O–H groups in total. The Bertz CT molecular complexity index is 1200. The third-order valence-electron chi connectivity index (χ3n) is 4.44. The van der Waals surface area contributed by atoms with E-state index in [1.54, 1.807) is 32.9 Å². The van der Waals surface area contributed by atoms with Crippen molar-refractivity contribution in [1.29, 1.82) is 0 Å². The van der Waals surface area contributed by atoms with E-state index >= 15 is 0 Å². The number of hydrogen-bond acceptors (Lipinski definition) is 7. The van der Waals surface area contributed by atoms with Crippen LogP contribution in [0.2, 0.25) is 0 Å². The van der Waals surface area contributed by atoms with Crippen LogP contribution in [0, 0.1) is 16.0 Å². The first-order valence-electron chi connectivity index (χ1n) is 8.93. The number of ether oxygens (including phenoxy) is 1. The molecule has 3 rings (SSSR count). The molecule has 1 unspecified atom stereocenters. The summed E-state index contributed by atoms with van der Waals surface area (Å²) >= 11 is 0. The smallest absolute Gasteiger partial charge is 0.324 e. The fourth-order valence-electron chi connectivity index (χ4n) is 2.95. The number of esters is 1. The Morgan fingerprint density at radius 2 is 1.79 bits per heavy atom. The zero-order valence-corrected chi connectivity index (χ0v) is 16.9. The number of carbonyl (C=O) groups excluding carboxylic acids is 1. The second-order valence-corrected chi connectivity index (χ2v) is 8.51. The summed E-state index contributed by atoms with van der Waals surface area (Å²) in [5.74, 6) is -0.970. The molecule has 0 fully saturated rings. The third kappa shape index (κ3) is 4.08. The SMILES string of the molecule is CCOC(=O)C(NS(=O)(=O)c1ccc2c(c1)oc1cc([N+](=O)[O-])ccc12)C(C)C. The number of nitro benzene ring substituents is 1. The third-order valence-corrected chi connectivity index (χ3v) is 5.88. The Morgan fingerprint density at radius 3 is 2.38 bits per heavy atom. The van der Waals surface area contributed by atoms with E-state index < -0.39 is 27.0 Å². The predicted octanol–water partition coefficient (Wildman–Crippen LogP) is 3.36. The zero-order chi connectivity index (χ0) is 21.3. The molecule has 10 heteroatoms. The maximum atomic E-state index is 12.8. The fourth-order valence-corrected chi connectivity index (χ4v) is 4.30. The number of rotatable bonds is 7. The summed E-state index contributed by atoms with van der Waals surface area (Å²) in [6.07, 6.45) is 0. The highest BCUT2D eigenvalue weighted by Gasteiger charge is 2.30. The number of nitro groups is 1. The summed E-state index contributed by atoms with van der Waals surface area (Å²) in [7, 11) is -4.04. The van der Waals surface area contributed by atoms with Crippen molar-refractivity contribution in [3.05, 3.63) is 46.5 Å². The van der Waals surface area contributed by atoms with Crippen molar-refractivity contribution in [1.82, 2.24) is 4.72 Å². The van der Waals surface area contributed by atoms with Crippen LogP contribution in [0.3, 0.4) is 0 Å². The Balaban J connectivity index is 2.00. The van der Waals surface area contributed by atoms with Crippen molar-refractivity contribution in [2.45, 2.75) is 31.7 Å². The molecule has 0 radical (unpaired) electrons. The fraction of sp³-hybridized carbons (Fsp3) is 0.316. The number of furan rings is 1. The van der Waals surface area contributed by atoms with Crippen LogP contribution in [0.4, 0.5) is 5.69 Å². The van der Waals surface area contributed by atoms with Crippen LogP contribution in [0.25, 0.3) is 21.9 Å². The Hall–Kier alpha value is -2.98. The molecule has 9 nitrogen and oxygen atoms in total. The first-order chi connectivity index (χ1) is 13.6. The lowest BCUT2D eigenvalue weighted by Crippen LogP contribution is -2.45. The first-order valence-corrected chi connectivity index (χ1v) is 10.4. The van der Waals surface area contributed by atoms with Gasteiger partial charge in [-0.05, 0) is 31.0 Å². The Labute approximate surface area is 166 Å². The van der Waals surface area contributed by atoms with E-state index in [1.807, 2.05) is 0 Å². The minimum absolute atomic E-state index is 0.0893. The second kappa shape index (κ2) is 7.80. The van der Waals surface area contributed by atoms with Crippen LogP contribution in [0.15, 0.2) is 45.7 Å². The van der Waals surface area contributed by atoms with Gasteiger partial charge in [-0.3, -0.25) is 14.9 Å². The van der Waals surface area contributed by atoms with Crippen LogP contribution >= 0.6 is 0 Å². The molecule has 0 spiro atoms. The van der Waals surface area contributed by atoms with E-state index in [0.717, 1.165) is 0 Å². The van der Waals surface area contributed by atoms with Gasteiger partial charge in [-0.25, -0.2) is 8.42 Å². The molecule has 0 saturated heterocycles. The highest BCUT2D eigenvalue weighted by Crippen LogP contribution is 2.32. The van der Waals surface area contributed by atoms with Gasteiger partial charge in [0.15, 0.2) is 0 Å². The molecular weight excluding hydrogens is 400 g/mol. The average Bonchev–Trinajstić information content (AvgIpc) is 3.02. The number of carbonyl (C=O) groups is 1. The van der Waals surface area contributed by atoms with Gasteiger partial charge in [0.2, 0.25) is 10.0 Å². The molecule has 0 amide bonds. The summed E-state index contributed by atoms with van der Waals surface area (Å²) in [5.41, 5.74) is 0.421. The average molecular weight is 420 g/mol. The number of sulfonamides is 1. The van der Waals surface area contributed by atoms with Gasteiger partial charge in [-0.15, -0.1) is 0 Å². The van der Waals surface area contributed by atoms with E-state index in [2.05, 4.69) is 4.72 Å². The highest BCUT2D eigenvalue weighted by molar-refractivity contribution is 7.89. The van der Waals surface area contributed by atoms with Crippen molar-refractivity contribution < 1.29 is 27.3 Å². The molecule has 1 atom stereocenters. The Morgan fingerprint density at radius 1 is 1.17 bits per heavy atom. The van der Waals surface area contributed by atoms with Crippen LogP contribution in [0.1, 0.15) is 20.8 Å². The lowest BCUT2D eigenvalue weighted by Gasteiger charge is -2.20. The minimum atomic E-state index is -4.04. The first kappa shape index (κ1) is 20.7. The maximum absolute atomic E-state index is 12.8. The topological polar surface area (TPSA) is 129 Å². The van der Waals surface area contributed by atoms with E-state index in [0.29, 0.717) is 10.8 Å². The summed E-state index contributed by atoms with van der Waals surface area (Å²) in [4.78, 5) is 22.4. The number of benzene rings is 2. The molecule has 2 aromatic carbocycles. The number of non-ortho nitro benzene ring substituents is 1. The number of fused-ring (bicyclic) bond motifs is 3. The monoisotopic (exact) mass is 420 g/mol. The van der Waals surface area contributed by atoms with Gasteiger partial charge in [0, 0.05) is 22.9 Å². The molecule has 3 aromatic rings. The van der Waals surface area contributed by atoms with Crippen molar-refractivity contribution >= 4 is 43.6 Å². The van der Waals surface area contributed by atoms with Crippen LogP contribution in [-0.2, 0) is 19.6 Å². The van der Waals surface area contributed by atoms with E-state index in [1.165, 1.54) is 24.3 Å². The number of nitrogens with one attached hydrogen (secondary N) is 1. The van der Waals surface area contributed by atoms with Gasteiger partial charge in [0.25, 0.3) is 5.69 Å². The standard InChI is InChI=1S/C19H20N2O7S/c1-4-27-19(22)18(11(2)3)20-29(25,26)13-6-8-15-14-7-5-12(21(23)24)9-16(14)28-17(15)10-13/h5-11,18,20H,4H2,1-3H3. The molecule has 0 aliphatic carbocycles. The van der Waals surface area contributed by atoms with Crippen LogP contribution in [-0.4, -0.2) is 32.0 Å². The second-order valence-electron chi connectivity index (χ2n) is 6.79. The van der Waals surface area contributed by atoms with Gasteiger partial charge < -0.3 is 9.15 Å². The van der Waals surface area contributed by atoms with Crippen molar-refractivity contribution in [3.63, 3.8) is 0 Å². The molecule has 154 valence electrons. The maximum Gasteiger partial charge on any atom is 0.324 e. The molecule has 29 heavy (non-hydrogen) atoms. The summed E-state index contributed by atoms with van der Waals surface area (Å²) < 4.78 is 38.6. The summed E-state index contributed by atoms with van der Waals surface area (Å²) in [5, 5.41) is 12.2. The molecular formula is C19H20N2O7S. The lowest BCUT2D eigenvalue weighted by molar-refractivity contribution is -0.384. The molecule has 0 aliphatic rings. The van der Waals surface area contributed by atoms with E-state index in [-0.39, 0.29) is 34.3 Å². The number of hydrogen-bond donors (Lipinski definition) is 1. The van der Waals surface area contributed by atoms with Gasteiger partial charge in [-0.1, -0.05) is 13.8 Å². The summed E-state index contributed by atoms with van der Waals surface area (Å²) in [6.45, 7) is 5.20. The molecule has 1 heterocycles. The largest absolute Gasteiger partial charge is 0.465 e. The van der Waals surface area contributed by atoms with Gasteiger partial charge in [0.05, 0.1) is 22.5 Å². The lowest BCUT2D eigenvalue weighted by atomic mass is 10.1. The zero-order valence-electron chi connectivity index (χ0n) is 16.0. The van der Waals surface area contributed by atoms with Crippen molar-refractivity contribution in [3.8, 4) is 0 Å². The molecule has 0 saturated carbocycles. The van der Waals surface area contributed by atoms with Gasteiger partial charge >= 0.3 is 5.97 Å².